The monoisotopic (exact) mass is 279 g/mol. The Morgan fingerprint density at radius 1 is 1.56 bits per heavy atom. The van der Waals surface area contributed by atoms with Crippen molar-refractivity contribution < 1.29 is 13.2 Å². The van der Waals surface area contributed by atoms with Gasteiger partial charge in [0, 0.05) is 35.6 Å². The molecular formula is C9H10ClNO3S2. The van der Waals surface area contributed by atoms with Gasteiger partial charge in [0.15, 0.2) is 0 Å². The van der Waals surface area contributed by atoms with E-state index in [9.17, 15) is 13.2 Å². The van der Waals surface area contributed by atoms with E-state index in [1.165, 1.54) is 18.3 Å². The molecule has 2 rings (SSSR count). The van der Waals surface area contributed by atoms with Gasteiger partial charge in [-0.25, -0.2) is 8.42 Å². The Morgan fingerprint density at radius 3 is 2.81 bits per heavy atom. The van der Waals surface area contributed by atoms with Crippen molar-refractivity contribution in [3.8, 4) is 0 Å². The summed E-state index contributed by atoms with van der Waals surface area (Å²) in [6.07, 6.45) is 0.700. The van der Waals surface area contributed by atoms with E-state index >= 15 is 0 Å². The number of halogens is 1. The molecule has 0 saturated carbocycles. The molecule has 0 aromatic carbocycles. The van der Waals surface area contributed by atoms with Crippen LogP contribution in [0.25, 0.3) is 0 Å². The first-order valence-corrected chi connectivity index (χ1v) is 7.82. The topological polar surface area (TPSA) is 54.5 Å². The lowest BCUT2D eigenvalue weighted by Crippen LogP contribution is -2.33. The molecule has 1 aromatic heterocycles. The van der Waals surface area contributed by atoms with Gasteiger partial charge in [0.05, 0.1) is 0 Å². The van der Waals surface area contributed by atoms with E-state index < -0.39 is 9.05 Å². The minimum atomic E-state index is -3.65. The van der Waals surface area contributed by atoms with Crippen molar-refractivity contribution >= 4 is 37.0 Å². The number of thiophene rings is 1. The lowest BCUT2D eigenvalue weighted by atomic mass is 10.1. The fourth-order valence-electron chi connectivity index (χ4n) is 1.69. The molecule has 0 atom stereocenters. The molecule has 0 bridgehead atoms. The highest BCUT2D eigenvalue weighted by atomic mass is 35.7. The van der Waals surface area contributed by atoms with Crippen LogP contribution in [0.1, 0.15) is 17.4 Å². The van der Waals surface area contributed by atoms with Crippen molar-refractivity contribution in [3.63, 3.8) is 0 Å². The number of fused-ring (bicyclic) bond motifs is 1. The van der Waals surface area contributed by atoms with Crippen LogP contribution in [0, 0.1) is 0 Å². The second-order valence-electron chi connectivity index (χ2n) is 3.64. The molecule has 88 valence electrons. The van der Waals surface area contributed by atoms with Gasteiger partial charge in [0.1, 0.15) is 4.21 Å². The van der Waals surface area contributed by atoms with Gasteiger partial charge < -0.3 is 4.90 Å². The summed E-state index contributed by atoms with van der Waals surface area (Å²) in [6.45, 7) is 2.63. The van der Waals surface area contributed by atoms with E-state index in [-0.39, 0.29) is 10.1 Å². The van der Waals surface area contributed by atoms with Crippen molar-refractivity contribution in [2.75, 3.05) is 6.54 Å². The number of nitrogens with zero attached hydrogens (tertiary/aromatic N) is 1. The Hall–Kier alpha value is -0.590. The summed E-state index contributed by atoms with van der Waals surface area (Å²) in [5, 5.41) is 0. The number of amides is 1. The maximum Gasteiger partial charge on any atom is 0.270 e. The molecule has 1 aromatic rings. The van der Waals surface area contributed by atoms with Gasteiger partial charge in [-0.3, -0.25) is 4.79 Å². The van der Waals surface area contributed by atoms with E-state index in [1.54, 1.807) is 11.0 Å². The molecule has 0 aliphatic carbocycles. The number of hydrogen-bond acceptors (Lipinski definition) is 4. The molecule has 0 radical (unpaired) electrons. The van der Waals surface area contributed by atoms with Crippen molar-refractivity contribution in [2.24, 2.45) is 0 Å². The third-order valence-electron chi connectivity index (χ3n) is 2.53. The maximum atomic E-state index is 11.2. The van der Waals surface area contributed by atoms with E-state index in [2.05, 4.69) is 0 Å². The van der Waals surface area contributed by atoms with E-state index in [4.69, 9.17) is 10.7 Å². The van der Waals surface area contributed by atoms with Crippen LogP contribution in [0.3, 0.4) is 0 Å². The summed E-state index contributed by atoms with van der Waals surface area (Å²) < 4.78 is 22.5. The number of carbonyl (C=O) groups excluding carboxylic acids is 1. The summed E-state index contributed by atoms with van der Waals surface area (Å²) >= 11 is 1.20. The molecular weight excluding hydrogens is 270 g/mol. The van der Waals surface area contributed by atoms with Crippen molar-refractivity contribution in [3.05, 3.63) is 16.5 Å². The minimum Gasteiger partial charge on any atom is -0.338 e. The Balaban J connectivity index is 2.34. The van der Waals surface area contributed by atoms with Gasteiger partial charge >= 0.3 is 0 Å². The lowest BCUT2D eigenvalue weighted by molar-refractivity contribution is -0.129. The summed E-state index contributed by atoms with van der Waals surface area (Å²) in [6, 6.07) is 1.57. The van der Waals surface area contributed by atoms with Gasteiger partial charge in [0.2, 0.25) is 5.91 Å². The first kappa shape index (κ1) is 11.9. The van der Waals surface area contributed by atoms with E-state index in [0.29, 0.717) is 19.5 Å². The van der Waals surface area contributed by atoms with Crippen molar-refractivity contribution in [1.29, 1.82) is 0 Å². The molecule has 16 heavy (non-hydrogen) atoms. The zero-order chi connectivity index (χ0) is 11.9. The van der Waals surface area contributed by atoms with Crippen LogP contribution in [-0.2, 0) is 26.8 Å². The molecule has 1 aliphatic heterocycles. The lowest BCUT2D eigenvalue weighted by Gasteiger charge is -2.25. The summed E-state index contributed by atoms with van der Waals surface area (Å²) in [4.78, 5) is 13.9. The van der Waals surface area contributed by atoms with Crippen LogP contribution in [0.4, 0.5) is 0 Å². The zero-order valence-electron chi connectivity index (χ0n) is 8.57. The second kappa shape index (κ2) is 4.01. The predicted molar refractivity (Wildman–Crippen MR) is 62.2 cm³/mol. The van der Waals surface area contributed by atoms with Crippen LogP contribution >= 0.6 is 22.0 Å². The van der Waals surface area contributed by atoms with Crippen molar-refractivity contribution in [1.82, 2.24) is 4.90 Å². The molecule has 1 amide bonds. The third-order valence-corrected chi connectivity index (χ3v) is 5.84. The Bertz CT molecular complexity index is 535. The Labute approximate surface area is 102 Å². The third kappa shape index (κ3) is 2.23. The molecule has 4 nitrogen and oxygen atoms in total. The first-order chi connectivity index (χ1) is 7.38. The number of hydrogen-bond donors (Lipinski definition) is 0. The minimum absolute atomic E-state index is 0.00660. The molecule has 0 unspecified atom stereocenters. The molecule has 0 N–H and O–H groups in total. The average Bonchev–Trinajstić information content (AvgIpc) is 2.58. The molecule has 0 fully saturated rings. The van der Waals surface area contributed by atoms with Gasteiger partial charge in [-0.1, -0.05) is 0 Å². The van der Waals surface area contributed by atoms with Gasteiger partial charge in [-0.05, 0) is 18.1 Å². The molecule has 0 spiro atoms. The largest absolute Gasteiger partial charge is 0.338 e. The highest BCUT2D eigenvalue weighted by Gasteiger charge is 2.24. The SMILES string of the molecule is CC(=O)N1CCc2sc(S(=O)(=O)Cl)cc2C1. The summed E-state index contributed by atoms with van der Waals surface area (Å²) in [5.74, 6) is 0.00660. The van der Waals surface area contributed by atoms with E-state index in [1.807, 2.05) is 0 Å². The van der Waals surface area contributed by atoms with Gasteiger partial charge in [-0.2, -0.15) is 0 Å². The second-order valence-corrected chi connectivity index (χ2v) is 7.57. The fourth-order valence-corrected chi connectivity index (χ4v) is 3.99. The number of rotatable bonds is 1. The maximum absolute atomic E-state index is 11.2. The van der Waals surface area contributed by atoms with Crippen LogP contribution < -0.4 is 0 Å². The number of carbonyl (C=O) groups is 1. The van der Waals surface area contributed by atoms with Crippen LogP contribution in [0.15, 0.2) is 10.3 Å². The molecule has 0 saturated heterocycles. The smallest absolute Gasteiger partial charge is 0.270 e. The standard InChI is InChI=1S/C9H10ClNO3S2/c1-6(12)11-3-2-8-7(5-11)4-9(15-8)16(10,13)14/h4H,2-3,5H2,1H3. The van der Waals surface area contributed by atoms with Crippen molar-refractivity contribution in [2.45, 2.75) is 24.1 Å². The highest BCUT2D eigenvalue weighted by Crippen LogP contribution is 2.32. The first-order valence-electron chi connectivity index (χ1n) is 4.69. The normalized spacial score (nSPS) is 16.0. The average molecular weight is 280 g/mol. The molecule has 7 heteroatoms. The molecule has 1 aliphatic rings. The van der Waals surface area contributed by atoms with Crippen LogP contribution in [-0.4, -0.2) is 25.8 Å². The van der Waals surface area contributed by atoms with Crippen LogP contribution in [0.2, 0.25) is 0 Å². The van der Waals surface area contributed by atoms with E-state index in [0.717, 1.165) is 10.4 Å². The van der Waals surface area contributed by atoms with Gasteiger partial charge in [0.25, 0.3) is 9.05 Å². The van der Waals surface area contributed by atoms with Crippen LogP contribution in [0.5, 0.6) is 0 Å². The Morgan fingerprint density at radius 2 is 2.25 bits per heavy atom. The quantitative estimate of drug-likeness (QED) is 0.734. The summed E-state index contributed by atoms with van der Waals surface area (Å²) in [5.41, 5.74) is 0.894. The highest BCUT2D eigenvalue weighted by molar-refractivity contribution is 8.15. The predicted octanol–water partition coefficient (Wildman–Crippen LogP) is 1.58. The van der Waals surface area contributed by atoms with Gasteiger partial charge in [-0.15, -0.1) is 11.3 Å². The zero-order valence-corrected chi connectivity index (χ0v) is 11.0. The molecule has 2 heterocycles. The summed E-state index contributed by atoms with van der Waals surface area (Å²) in [7, 11) is 1.63. The Kier molecular flexibility index (Phi) is 2.98. The fraction of sp³-hybridized carbons (Fsp3) is 0.444.